The summed E-state index contributed by atoms with van der Waals surface area (Å²) in [6, 6.07) is 4.36. The van der Waals surface area contributed by atoms with Gasteiger partial charge >= 0.3 is 5.97 Å². The average Bonchev–Trinajstić information content (AvgIpc) is 2.27. The molecule has 1 N–H and O–H groups in total. The van der Waals surface area contributed by atoms with E-state index in [-0.39, 0.29) is 17.3 Å². The summed E-state index contributed by atoms with van der Waals surface area (Å²) in [4.78, 5) is 10.5. The molecule has 0 saturated carbocycles. The number of alkyl halides is 1. The standard InChI is InChI=1S/C10H10BrClFNO2/c1-16-10(15)6(11)5-14-9-7(12)3-2-4-8(9)13/h2-4,6,14H,5H2,1H3. The lowest BCUT2D eigenvalue weighted by Crippen LogP contribution is -2.24. The molecule has 1 unspecified atom stereocenters. The van der Waals surface area contributed by atoms with Crippen LogP contribution in [-0.4, -0.2) is 24.5 Å². The Kier molecular flexibility index (Phi) is 5.02. The van der Waals surface area contributed by atoms with Crippen LogP contribution in [0.1, 0.15) is 0 Å². The molecule has 6 heteroatoms. The van der Waals surface area contributed by atoms with Crippen LogP contribution in [0, 0.1) is 5.82 Å². The largest absolute Gasteiger partial charge is 0.468 e. The number of para-hydroxylation sites is 1. The third-order valence-corrected chi connectivity index (χ3v) is 2.89. The molecule has 1 aromatic carbocycles. The summed E-state index contributed by atoms with van der Waals surface area (Å²) in [7, 11) is 1.28. The van der Waals surface area contributed by atoms with Crippen LogP contribution in [0.2, 0.25) is 5.02 Å². The molecule has 0 aliphatic heterocycles. The molecular formula is C10H10BrClFNO2. The number of hydrogen-bond donors (Lipinski definition) is 1. The Morgan fingerprint density at radius 3 is 2.94 bits per heavy atom. The number of methoxy groups -OCH3 is 1. The van der Waals surface area contributed by atoms with Crippen LogP contribution in [0.4, 0.5) is 10.1 Å². The highest BCUT2D eigenvalue weighted by atomic mass is 79.9. The number of carbonyl (C=O) groups is 1. The second-order valence-electron chi connectivity index (χ2n) is 2.97. The van der Waals surface area contributed by atoms with Gasteiger partial charge in [-0.1, -0.05) is 33.6 Å². The van der Waals surface area contributed by atoms with Crippen LogP contribution in [-0.2, 0) is 9.53 Å². The average molecular weight is 311 g/mol. The molecule has 0 aliphatic rings. The van der Waals surface area contributed by atoms with E-state index in [0.717, 1.165) is 0 Å². The molecule has 0 fully saturated rings. The topological polar surface area (TPSA) is 38.3 Å². The summed E-state index contributed by atoms with van der Waals surface area (Å²) < 4.78 is 17.8. The molecular weight excluding hydrogens is 300 g/mol. The summed E-state index contributed by atoms with van der Waals surface area (Å²) in [5, 5.41) is 3.01. The minimum absolute atomic E-state index is 0.178. The molecule has 1 rings (SSSR count). The van der Waals surface area contributed by atoms with Crippen molar-refractivity contribution >= 4 is 39.2 Å². The molecule has 0 aromatic heterocycles. The predicted molar refractivity (Wildman–Crippen MR) is 64.6 cm³/mol. The van der Waals surface area contributed by atoms with Crippen molar-refractivity contribution in [2.45, 2.75) is 4.83 Å². The zero-order chi connectivity index (χ0) is 12.1. The van der Waals surface area contributed by atoms with Crippen molar-refractivity contribution in [2.24, 2.45) is 0 Å². The predicted octanol–water partition coefficient (Wildman–Crippen LogP) is 2.83. The fourth-order valence-corrected chi connectivity index (χ4v) is 1.65. The molecule has 1 atom stereocenters. The number of carbonyl (C=O) groups excluding carboxylic acids is 1. The van der Waals surface area contributed by atoms with E-state index in [9.17, 15) is 9.18 Å². The highest BCUT2D eigenvalue weighted by Gasteiger charge is 2.16. The number of nitrogens with one attached hydrogen (secondary N) is 1. The molecule has 0 radical (unpaired) electrons. The van der Waals surface area contributed by atoms with Gasteiger partial charge in [-0.25, -0.2) is 4.39 Å². The summed E-state index contributed by atoms with van der Waals surface area (Å²) in [6.07, 6.45) is 0. The van der Waals surface area contributed by atoms with Gasteiger partial charge in [-0.2, -0.15) is 0 Å². The van der Waals surface area contributed by atoms with Gasteiger partial charge in [-0.15, -0.1) is 0 Å². The second kappa shape index (κ2) is 6.06. The lowest BCUT2D eigenvalue weighted by molar-refractivity contribution is -0.139. The zero-order valence-electron chi connectivity index (χ0n) is 8.47. The maximum atomic E-state index is 13.3. The fraction of sp³-hybridized carbons (Fsp3) is 0.300. The van der Waals surface area contributed by atoms with Gasteiger partial charge < -0.3 is 10.1 Å². The number of rotatable bonds is 4. The Labute approximate surface area is 106 Å². The van der Waals surface area contributed by atoms with Gasteiger partial charge in [0, 0.05) is 6.54 Å². The quantitative estimate of drug-likeness (QED) is 0.686. The minimum atomic E-state index is -0.548. The molecule has 0 aliphatic carbocycles. The number of anilines is 1. The lowest BCUT2D eigenvalue weighted by atomic mass is 10.3. The van der Waals surface area contributed by atoms with E-state index in [2.05, 4.69) is 26.0 Å². The lowest BCUT2D eigenvalue weighted by Gasteiger charge is -2.12. The van der Waals surface area contributed by atoms with E-state index in [1.807, 2.05) is 0 Å². The van der Waals surface area contributed by atoms with Gasteiger partial charge in [0.1, 0.15) is 10.6 Å². The normalized spacial score (nSPS) is 12.0. The maximum absolute atomic E-state index is 13.3. The molecule has 88 valence electrons. The van der Waals surface area contributed by atoms with Gasteiger partial charge in [0.2, 0.25) is 0 Å². The van der Waals surface area contributed by atoms with Crippen molar-refractivity contribution in [1.82, 2.24) is 0 Å². The van der Waals surface area contributed by atoms with E-state index in [1.165, 1.54) is 19.2 Å². The van der Waals surface area contributed by atoms with Crippen LogP contribution in [0.5, 0.6) is 0 Å². The molecule has 0 bridgehead atoms. The molecule has 0 spiro atoms. The first kappa shape index (κ1) is 13.3. The van der Waals surface area contributed by atoms with Crippen molar-refractivity contribution < 1.29 is 13.9 Å². The van der Waals surface area contributed by atoms with Gasteiger partial charge in [-0.3, -0.25) is 4.79 Å². The van der Waals surface area contributed by atoms with Crippen LogP contribution in [0.3, 0.4) is 0 Å². The van der Waals surface area contributed by atoms with Crippen LogP contribution in [0.25, 0.3) is 0 Å². The third kappa shape index (κ3) is 3.35. The molecule has 0 heterocycles. The Morgan fingerprint density at radius 2 is 2.38 bits per heavy atom. The monoisotopic (exact) mass is 309 g/mol. The maximum Gasteiger partial charge on any atom is 0.321 e. The first-order valence-electron chi connectivity index (χ1n) is 4.46. The van der Waals surface area contributed by atoms with E-state index in [1.54, 1.807) is 6.07 Å². The Hall–Kier alpha value is -0.810. The Morgan fingerprint density at radius 1 is 1.69 bits per heavy atom. The summed E-state index contributed by atoms with van der Waals surface area (Å²) >= 11 is 8.90. The van der Waals surface area contributed by atoms with Crippen LogP contribution < -0.4 is 5.32 Å². The van der Waals surface area contributed by atoms with Crippen LogP contribution >= 0.6 is 27.5 Å². The number of hydrogen-bond acceptors (Lipinski definition) is 3. The van der Waals surface area contributed by atoms with E-state index in [4.69, 9.17) is 11.6 Å². The highest BCUT2D eigenvalue weighted by molar-refractivity contribution is 9.10. The molecule has 3 nitrogen and oxygen atoms in total. The van der Waals surface area contributed by atoms with E-state index in [0.29, 0.717) is 0 Å². The minimum Gasteiger partial charge on any atom is -0.468 e. The first-order valence-corrected chi connectivity index (χ1v) is 5.75. The Balaban J connectivity index is 2.64. The summed E-state index contributed by atoms with van der Waals surface area (Å²) in [5.41, 5.74) is 0.178. The molecule has 16 heavy (non-hydrogen) atoms. The number of halogens is 3. The number of ether oxygens (including phenoxy) is 1. The summed E-state index contributed by atoms with van der Waals surface area (Å²) in [5.74, 6) is -0.892. The van der Waals surface area contributed by atoms with Crippen molar-refractivity contribution in [1.29, 1.82) is 0 Å². The van der Waals surface area contributed by atoms with E-state index >= 15 is 0 Å². The van der Waals surface area contributed by atoms with Crippen molar-refractivity contribution in [3.63, 3.8) is 0 Å². The molecule has 1 aromatic rings. The summed E-state index contributed by atoms with van der Waals surface area (Å²) in [6.45, 7) is 0.188. The third-order valence-electron chi connectivity index (χ3n) is 1.88. The van der Waals surface area contributed by atoms with Crippen molar-refractivity contribution in [3.05, 3.63) is 29.0 Å². The zero-order valence-corrected chi connectivity index (χ0v) is 10.8. The van der Waals surface area contributed by atoms with Crippen molar-refractivity contribution in [2.75, 3.05) is 19.0 Å². The van der Waals surface area contributed by atoms with Gasteiger partial charge in [0.15, 0.2) is 0 Å². The second-order valence-corrected chi connectivity index (χ2v) is 4.48. The fourth-order valence-electron chi connectivity index (χ4n) is 1.07. The molecule has 0 amide bonds. The van der Waals surface area contributed by atoms with Gasteiger partial charge in [0.05, 0.1) is 17.8 Å². The SMILES string of the molecule is COC(=O)C(Br)CNc1c(F)cccc1Cl. The van der Waals surface area contributed by atoms with E-state index < -0.39 is 16.6 Å². The van der Waals surface area contributed by atoms with Gasteiger partial charge in [-0.05, 0) is 12.1 Å². The number of benzene rings is 1. The molecule has 0 saturated heterocycles. The van der Waals surface area contributed by atoms with Gasteiger partial charge in [0.25, 0.3) is 0 Å². The van der Waals surface area contributed by atoms with Crippen LogP contribution in [0.15, 0.2) is 18.2 Å². The smallest absolute Gasteiger partial charge is 0.321 e. The van der Waals surface area contributed by atoms with Crippen molar-refractivity contribution in [3.8, 4) is 0 Å². The highest BCUT2D eigenvalue weighted by Crippen LogP contribution is 2.24. The Bertz CT molecular complexity index is 369. The number of esters is 1. The first-order chi connectivity index (χ1) is 7.56.